The molecule has 7 atom stereocenters. The first-order valence-corrected chi connectivity index (χ1v) is 26.1. The highest BCUT2D eigenvalue weighted by Crippen LogP contribution is 2.46. The number of imidazole rings is 2. The number of rotatable bonds is 13. The number of benzene rings is 2. The lowest BCUT2D eigenvalue weighted by atomic mass is 9.88. The van der Waals surface area contributed by atoms with Crippen LogP contribution in [0.15, 0.2) is 66.9 Å². The predicted molar refractivity (Wildman–Crippen MR) is 278 cm³/mol. The maximum Gasteiger partial charge on any atom is 0.407 e. The molecule has 18 heteroatoms. The number of likely N-dealkylation sites (tertiary alicyclic amines) is 2. The smallest absolute Gasteiger partial charge is 0.407 e. The zero-order valence-electron chi connectivity index (χ0n) is 42.8. The second kappa shape index (κ2) is 21.3. The quantitative estimate of drug-likeness (QED) is 0.0891. The first-order chi connectivity index (χ1) is 35.4. The molecule has 10 rings (SSSR count). The number of morpholine rings is 1. The zero-order chi connectivity index (χ0) is 50.9. The molecule has 4 fully saturated rings. The van der Waals surface area contributed by atoms with Crippen LogP contribution in [0, 0.1) is 17.8 Å². The number of hydrogen-bond acceptors (Lipinski definition) is 12. The molecule has 5 aliphatic rings. The van der Waals surface area contributed by atoms with Crippen molar-refractivity contribution in [2.75, 3.05) is 63.4 Å². The van der Waals surface area contributed by atoms with E-state index in [1.54, 1.807) is 0 Å². The van der Waals surface area contributed by atoms with E-state index in [1.807, 2.05) is 43.7 Å². The summed E-state index contributed by atoms with van der Waals surface area (Å²) in [5.41, 5.74) is 8.17. The van der Waals surface area contributed by atoms with Crippen LogP contribution in [-0.2, 0) is 30.2 Å². The molecule has 7 heterocycles. The van der Waals surface area contributed by atoms with E-state index in [9.17, 15) is 19.2 Å². The molecule has 0 saturated carbocycles. The number of ether oxygens (including phenoxy) is 3. The summed E-state index contributed by atoms with van der Waals surface area (Å²) in [7, 11) is 2.61. The highest BCUT2D eigenvalue weighted by Gasteiger charge is 2.42. The summed E-state index contributed by atoms with van der Waals surface area (Å²) >= 11 is 0. The van der Waals surface area contributed by atoms with Crippen LogP contribution in [-0.4, -0.2) is 130 Å². The number of aromatic amines is 2. The summed E-state index contributed by atoms with van der Waals surface area (Å²) in [5.74, 6) is 2.12. The van der Waals surface area contributed by atoms with Gasteiger partial charge < -0.3 is 54.4 Å². The van der Waals surface area contributed by atoms with Gasteiger partial charge in [-0.1, -0.05) is 52.0 Å². The van der Waals surface area contributed by atoms with Gasteiger partial charge in [-0.15, -0.1) is 0 Å². The Morgan fingerprint density at radius 3 is 1.95 bits per heavy atom. The molecule has 5 aromatic rings. The van der Waals surface area contributed by atoms with Crippen LogP contribution in [0.25, 0.3) is 28.2 Å². The van der Waals surface area contributed by atoms with Crippen molar-refractivity contribution in [2.24, 2.45) is 17.8 Å². The highest BCUT2D eigenvalue weighted by atomic mass is 16.5. The van der Waals surface area contributed by atoms with Crippen LogP contribution < -0.4 is 20.4 Å². The maximum atomic E-state index is 14.0. The number of aromatic nitrogens is 5. The number of H-pyrrole nitrogens is 2. The van der Waals surface area contributed by atoms with Gasteiger partial charge in [0.15, 0.2) is 0 Å². The normalized spacial score (nSPS) is 22.8. The highest BCUT2D eigenvalue weighted by molar-refractivity contribution is 5.87. The monoisotopic (exact) mass is 996 g/mol. The van der Waals surface area contributed by atoms with Gasteiger partial charge in [0.2, 0.25) is 11.8 Å². The molecule has 4 saturated heterocycles. The van der Waals surface area contributed by atoms with E-state index in [4.69, 9.17) is 29.2 Å². The van der Waals surface area contributed by atoms with Crippen molar-refractivity contribution in [3.63, 3.8) is 0 Å². The second-order valence-electron chi connectivity index (χ2n) is 20.8. The summed E-state index contributed by atoms with van der Waals surface area (Å²) in [6, 6.07) is 18.0. The van der Waals surface area contributed by atoms with E-state index >= 15 is 0 Å². The molecule has 73 heavy (non-hydrogen) atoms. The summed E-state index contributed by atoms with van der Waals surface area (Å²) in [6.45, 7) is 11.9. The van der Waals surface area contributed by atoms with E-state index in [0.29, 0.717) is 26.3 Å². The number of pyridine rings is 1. The molecule has 4 N–H and O–H groups in total. The zero-order valence-corrected chi connectivity index (χ0v) is 42.8. The average Bonchev–Trinajstić information content (AvgIpc) is 4.28. The molecule has 0 radical (unpaired) electrons. The number of alkyl carbamates (subject to hydrolysis) is 2. The minimum Gasteiger partial charge on any atom is -0.453 e. The number of carbonyl (C=O) groups is 4. The topological polar surface area (TPSA) is 203 Å². The van der Waals surface area contributed by atoms with Crippen molar-refractivity contribution < 1.29 is 33.4 Å². The van der Waals surface area contributed by atoms with Crippen LogP contribution in [0.1, 0.15) is 113 Å². The first kappa shape index (κ1) is 49.6. The average molecular weight is 996 g/mol. The van der Waals surface area contributed by atoms with Crippen molar-refractivity contribution in [1.82, 2.24) is 45.4 Å². The molecule has 0 spiro atoms. The third kappa shape index (κ3) is 10.1. The number of fused-ring (bicyclic) bond motifs is 2. The van der Waals surface area contributed by atoms with E-state index in [1.165, 1.54) is 19.8 Å². The first-order valence-electron chi connectivity index (χ1n) is 26.1. The molecule has 4 amide bonds. The lowest BCUT2D eigenvalue weighted by Gasteiger charge is -2.37. The van der Waals surface area contributed by atoms with Crippen LogP contribution in [0.2, 0.25) is 0 Å². The Morgan fingerprint density at radius 1 is 0.712 bits per heavy atom. The Kier molecular flexibility index (Phi) is 14.4. The fourth-order valence-electron chi connectivity index (χ4n) is 11.8. The van der Waals surface area contributed by atoms with Gasteiger partial charge in [0.05, 0.1) is 62.3 Å². The Morgan fingerprint density at radius 2 is 1.34 bits per heavy atom. The van der Waals surface area contributed by atoms with E-state index in [-0.39, 0.29) is 53.7 Å². The van der Waals surface area contributed by atoms with E-state index in [2.05, 4.69) is 97.2 Å². The number of carbonyl (C=O) groups excluding carboxylic acids is 4. The lowest BCUT2D eigenvalue weighted by Crippen LogP contribution is -2.51. The van der Waals surface area contributed by atoms with Crippen molar-refractivity contribution in [3.8, 4) is 11.1 Å². The van der Waals surface area contributed by atoms with Crippen molar-refractivity contribution in [3.05, 3.63) is 95.5 Å². The molecule has 18 nitrogen and oxygen atoms in total. The van der Waals surface area contributed by atoms with Crippen molar-refractivity contribution in [1.29, 1.82) is 0 Å². The van der Waals surface area contributed by atoms with Crippen LogP contribution in [0.5, 0.6) is 0 Å². The molecule has 1 aliphatic carbocycles. The third-order valence-electron chi connectivity index (χ3n) is 15.7. The number of methoxy groups -OCH3 is 2. The number of amides is 4. The standard InChI is InChI=1S/C55H69N11O7/c1-32(2)48(61-54(69)71-5)52(67)64-23-7-9-45(64)50-57-39-18-13-35(29-41(39)59-50)43-20-21-44(66(43)38-16-11-34(12-17-38)37-15-22-47(56-31-37)63-25-27-73-28-26-63)36-14-19-40-42(30-36)60-51(58-40)46-10-8-24-65(46)53(68)49(33(3)4)62-55(70)72-6/h11-19,22,29,31-33,36,43-46,48-49H,7-10,20-21,23-28,30H2,1-6H3,(H,57,59)(H,58,60)(H,61,69)(H,62,70)/t36?,43-,44-,45+,46+,48+,49+/m1/s1. The maximum absolute atomic E-state index is 14.0. The van der Waals surface area contributed by atoms with Gasteiger partial charge >= 0.3 is 12.2 Å². The largest absolute Gasteiger partial charge is 0.453 e. The van der Waals surface area contributed by atoms with Crippen LogP contribution in [0.4, 0.5) is 21.1 Å². The predicted octanol–water partition coefficient (Wildman–Crippen LogP) is 7.87. The van der Waals surface area contributed by atoms with Gasteiger partial charge in [0.25, 0.3) is 0 Å². The number of anilines is 2. The molecule has 2 aromatic carbocycles. The Labute approximate surface area is 426 Å². The summed E-state index contributed by atoms with van der Waals surface area (Å²) in [6.07, 6.45) is 11.1. The van der Waals surface area contributed by atoms with Gasteiger partial charge in [-0.05, 0) is 110 Å². The minimum absolute atomic E-state index is 0.0555. The van der Waals surface area contributed by atoms with Gasteiger partial charge in [0.1, 0.15) is 29.6 Å². The number of nitrogens with zero attached hydrogens (tertiary/aromatic N) is 7. The van der Waals surface area contributed by atoms with Gasteiger partial charge in [0, 0.05) is 61.3 Å². The van der Waals surface area contributed by atoms with Gasteiger partial charge in [-0.25, -0.2) is 24.5 Å². The van der Waals surface area contributed by atoms with Crippen molar-refractivity contribution in [2.45, 2.75) is 109 Å². The van der Waals surface area contributed by atoms with Gasteiger partial charge in [-0.2, -0.15) is 0 Å². The van der Waals surface area contributed by atoms with Gasteiger partial charge in [-0.3, -0.25) is 9.59 Å². The lowest BCUT2D eigenvalue weighted by molar-refractivity contribution is -0.136. The molecular weight excluding hydrogens is 927 g/mol. The fourth-order valence-corrected chi connectivity index (χ4v) is 11.8. The minimum atomic E-state index is -0.716. The molecule has 3 aromatic heterocycles. The second-order valence-corrected chi connectivity index (χ2v) is 20.8. The number of hydrogen-bond donors (Lipinski definition) is 4. The van der Waals surface area contributed by atoms with E-state index < -0.39 is 24.3 Å². The summed E-state index contributed by atoms with van der Waals surface area (Å²) in [4.78, 5) is 83.3. The van der Waals surface area contributed by atoms with Crippen molar-refractivity contribution >= 4 is 52.6 Å². The molecule has 1 unspecified atom stereocenters. The number of nitrogens with one attached hydrogen (secondary N) is 4. The Balaban J connectivity index is 0.923. The van der Waals surface area contributed by atoms with E-state index in [0.717, 1.165) is 115 Å². The summed E-state index contributed by atoms with van der Waals surface area (Å²) in [5, 5.41) is 5.51. The molecule has 4 aliphatic heterocycles. The fraction of sp³-hybridized carbons (Fsp3) is 0.509. The Hall–Kier alpha value is -6.95. The van der Waals surface area contributed by atoms with Crippen LogP contribution in [0.3, 0.4) is 0 Å². The SMILES string of the molecule is COC(=O)N[C@H](C(=O)N1CCC[C@H]1c1nc2c([nH]1)CC([C@H]1CC[C@H](c3ccc4nc([C@@H]5CCCN5C(=O)[C@@H](NC(=O)OC)C(C)C)[nH]c4c3)N1c1ccc(-c3ccc(N4CCOCC4)nc3)cc1)C=C2)C(C)C. The third-order valence-corrected chi connectivity index (χ3v) is 15.7. The summed E-state index contributed by atoms with van der Waals surface area (Å²) < 4.78 is 15.3. The molecular formula is C55H69N11O7. The Bertz CT molecular complexity index is 2820. The van der Waals surface area contributed by atoms with Crippen LogP contribution >= 0.6 is 0 Å². The molecule has 0 bridgehead atoms. The molecule has 386 valence electrons.